The first-order chi connectivity index (χ1) is 15.3. The number of amides is 2. The van der Waals surface area contributed by atoms with Crippen molar-refractivity contribution < 1.29 is 9.59 Å². The van der Waals surface area contributed by atoms with E-state index < -0.39 is 0 Å². The summed E-state index contributed by atoms with van der Waals surface area (Å²) in [6.45, 7) is 6.65. The zero-order valence-corrected chi connectivity index (χ0v) is 20.5. The lowest BCUT2D eigenvalue weighted by Crippen LogP contribution is -2.41. The second-order valence-electron chi connectivity index (χ2n) is 10.2. The third kappa shape index (κ3) is 2.65. The van der Waals surface area contributed by atoms with Crippen LogP contribution in [-0.4, -0.2) is 11.8 Å². The molecule has 1 aliphatic heterocycles. The largest absolute Gasteiger partial charge is 0.274 e. The van der Waals surface area contributed by atoms with Gasteiger partial charge in [0.25, 0.3) is 0 Å². The van der Waals surface area contributed by atoms with Crippen molar-refractivity contribution in [2.45, 2.75) is 38.0 Å². The fraction of sp³-hybridized carbons (Fsp3) is 0.286. The molecule has 160 valence electrons. The number of halogens is 1. The van der Waals surface area contributed by atoms with E-state index in [4.69, 9.17) is 0 Å². The van der Waals surface area contributed by atoms with Crippen LogP contribution >= 0.6 is 22.6 Å². The van der Waals surface area contributed by atoms with Gasteiger partial charge in [-0.25, -0.2) is 4.90 Å². The standard InChI is InChI=1S/C28H24INO2/c1-28(2,3)15-8-13-20-21(14-15)23-19-7-5-4-6-18(19)22(20)24-25(23)27(32)30(26(24)31)17-11-9-16(29)10-12-17/h4-14,22-25H,1-3H3. The van der Waals surface area contributed by atoms with Gasteiger partial charge >= 0.3 is 0 Å². The van der Waals surface area contributed by atoms with Crippen LogP contribution in [0.1, 0.15) is 60.4 Å². The van der Waals surface area contributed by atoms with E-state index in [1.54, 1.807) is 0 Å². The summed E-state index contributed by atoms with van der Waals surface area (Å²) in [7, 11) is 0. The lowest BCUT2D eigenvalue weighted by Gasteiger charge is -2.46. The monoisotopic (exact) mass is 533 g/mol. The third-order valence-corrected chi connectivity index (χ3v) is 8.21. The van der Waals surface area contributed by atoms with E-state index in [9.17, 15) is 9.59 Å². The first-order valence-corrected chi connectivity index (χ1v) is 12.2. The molecule has 3 aliphatic carbocycles. The Bertz CT molecular complexity index is 1290. The molecule has 0 aromatic heterocycles. The number of hydrogen-bond donors (Lipinski definition) is 0. The third-order valence-electron chi connectivity index (χ3n) is 7.49. The molecule has 4 heteroatoms. The fourth-order valence-electron chi connectivity index (χ4n) is 6.04. The molecular formula is C28H24INO2. The van der Waals surface area contributed by atoms with Crippen molar-refractivity contribution in [3.05, 3.63) is 98.1 Å². The van der Waals surface area contributed by atoms with Gasteiger partial charge in [-0.05, 0) is 80.1 Å². The number of imide groups is 1. The molecule has 3 aromatic rings. The summed E-state index contributed by atoms with van der Waals surface area (Å²) < 4.78 is 1.08. The van der Waals surface area contributed by atoms with Crippen LogP contribution in [0.2, 0.25) is 0 Å². The Morgan fingerprint density at radius 1 is 0.719 bits per heavy atom. The average Bonchev–Trinajstić information content (AvgIpc) is 3.04. The van der Waals surface area contributed by atoms with E-state index in [0.29, 0.717) is 5.69 Å². The number of benzene rings is 3. The highest BCUT2D eigenvalue weighted by Crippen LogP contribution is 2.61. The van der Waals surface area contributed by atoms with Crippen LogP contribution in [0.3, 0.4) is 0 Å². The van der Waals surface area contributed by atoms with Crippen LogP contribution in [0, 0.1) is 15.4 Å². The summed E-state index contributed by atoms with van der Waals surface area (Å²) in [6, 6.07) is 22.8. The van der Waals surface area contributed by atoms with Gasteiger partial charge in [-0.2, -0.15) is 0 Å². The van der Waals surface area contributed by atoms with Crippen molar-refractivity contribution in [1.29, 1.82) is 0 Å². The number of carbonyl (C=O) groups is 2. The van der Waals surface area contributed by atoms with Gasteiger partial charge in [-0.3, -0.25) is 9.59 Å². The molecule has 0 spiro atoms. The maximum absolute atomic E-state index is 13.8. The molecule has 0 N–H and O–H groups in total. The van der Waals surface area contributed by atoms with Crippen LogP contribution < -0.4 is 4.90 Å². The van der Waals surface area contributed by atoms with Crippen molar-refractivity contribution in [3.63, 3.8) is 0 Å². The van der Waals surface area contributed by atoms with Gasteiger partial charge in [0.05, 0.1) is 17.5 Å². The molecule has 2 bridgehead atoms. The molecule has 3 aromatic carbocycles. The van der Waals surface area contributed by atoms with Gasteiger partial charge in [0.15, 0.2) is 0 Å². The van der Waals surface area contributed by atoms with Gasteiger partial charge in [0, 0.05) is 15.4 Å². The van der Waals surface area contributed by atoms with Crippen molar-refractivity contribution >= 4 is 40.1 Å². The van der Waals surface area contributed by atoms with E-state index in [1.807, 2.05) is 24.3 Å². The maximum atomic E-state index is 13.8. The van der Waals surface area contributed by atoms with Gasteiger partial charge in [0.2, 0.25) is 11.8 Å². The van der Waals surface area contributed by atoms with Crippen molar-refractivity contribution in [1.82, 2.24) is 0 Å². The molecule has 2 amide bonds. The quantitative estimate of drug-likeness (QED) is 0.285. The highest BCUT2D eigenvalue weighted by molar-refractivity contribution is 14.1. The minimum atomic E-state index is -0.343. The van der Waals surface area contributed by atoms with E-state index >= 15 is 0 Å². The molecule has 32 heavy (non-hydrogen) atoms. The summed E-state index contributed by atoms with van der Waals surface area (Å²) in [5, 5.41) is 0. The first kappa shape index (κ1) is 20.2. The van der Waals surface area contributed by atoms with E-state index in [1.165, 1.54) is 32.7 Å². The summed E-state index contributed by atoms with van der Waals surface area (Å²) in [4.78, 5) is 29.1. The van der Waals surface area contributed by atoms with Gasteiger partial charge in [0.1, 0.15) is 0 Å². The Kier molecular flexibility index (Phi) is 4.26. The molecule has 4 unspecified atom stereocenters. The van der Waals surface area contributed by atoms with Crippen LogP contribution in [0.15, 0.2) is 66.7 Å². The van der Waals surface area contributed by atoms with Crippen LogP contribution in [-0.2, 0) is 15.0 Å². The molecule has 4 aliphatic rings. The molecular weight excluding hydrogens is 509 g/mol. The second-order valence-corrected chi connectivity index (χ2v) is 11.5. The van der Waals surface area contributed by atoms with E-state index in [-0.39, 0.29) is 40.9 Å². The predicted molar refractivity (Wildman–Crippen MR) is 134 cm³/mol. The lowest BCUT2D eigenvalue weighted by atomic mass is 9.54. The van der Waals surface area contributed by atoms with Gasteiger partial charge < -0.3 is 0 Å². The Morgan fingerprint density at radius 2 is 1.25 bits per heavy atom. The second kappa shape index (κ2) is 6.77. The summed E-state index contributed by atoms with van der Waals surface area (Å²) in [5.41, 5.74) is 6.83. The molecule has 1 fully saturated rings. The molecule has 0 radical (unpaired) electrons. The number of rotatable bonds is 1. The van der Waals surface area contributed by atoms with Crippen LogP contribution in [0.5, 0.6) is 0 Å². The van der Waals surface area contributed by atoms with Gasteiger partial charge in [-0.1, -0.05) is 63.2 Å². The molecule has 1 saturated heterocycles. The van der Waals surface area contributed by atoms with Crippen LogP contribution in [0.4, 0.5) is 5.69 Å². The van der Waals surface area contributed by atoms with Crippen molar-refractivity contribution in [2.24, 2.45) is 11.8 Å². The first-order valence-electron chi connectivity index (χ1n) is 11.1. The Balaban J connectivity index is 1.56. The highest BCUT2D eigenvalue weighted by atomic mass is 127. The Morgan fingerprint density at radius 3 is 1.81 bits per heavy atom. The van der Waals surface area contributed by atoms with Crippen molar-refractivity contribution in [3.8, 4) is 0 Å². The molecule has 3 nitrogen and oxygen atoms in total. The normalized spacial score (nSPS) is 25.6. The van der Waals surface area contributed by atoms with E-state index in [0.717, 1.165) is 3.57 Å². The number of anilines is 1. The van der Waals surface area contributed by atoms with Crippen LogP contribution in [0.25, 0.3) is 0 Å². The minimum Gasteiger partial charge on any atom is -0.274 e. The number of nitrogens with zero attached hydrogens (tertiary/aromatic N) is 1. The van der Waals surface area contributed by atoms with Gasteiger partial charge in [-0.15, -0.1) is 0 Å². The molecule has 1 heterocycles. The van der Waals surface area contributed by atoms with Crippen molar-refractivity contribution in [2.75, 3.05) is 4.90 Å². The summed E-state index contributed by atoms with van der Waals surface area (Å²) in [5.74, 6) is -0.952. The fourth-order valence-corrected chi connectivity index (χ4v) is 6.40. The number of hydrogen-bond acceptors (Lipinski definition) is 2. The smallest absolute Gasteiger partial charge is 0.238 e. The maximum Gasteiger partial charge on any atom is 0.238 e. The minimum absolute atomic E-state index is 0.0212. The Hall–Kier alpha value is -2.47. The average molecular weight is 533 g/mol. The SMILES string of the molecule is CC(C)(C)c1ccc2c(c1)C1c3ccccc3C2C2C(=O)N(c3ccc(I)cc3)C(=O)C12. The topological polar surface area (TPSA) is 37.4 Å². The number of carbonyl (C=O) groups excluding carboxylic acids is 2. The lowest BCUT2D eigenvalue weighted by molar-refractivity contribution is -0.122. The zero-order valence-electron chi connectivity index (χ0n) is 18.3. The summed E-state index contributed by atoms with van der Waals surface area (Å²) >= 11 is 2.24. The molecule has 4 atom stereocenters. The molecule has 0 saturated carbocycles. The highest BCUT2D eigenvalue weighted by Gasteiger charge is 2.61. The molecule has 7 rings (SSSR count). The summed E-state index contributed by atoms with van der Waals surface area (Å²) in [6.07, 6.45) is 0. The van der Waals surface area contributed by atoms with E-state index in [2.05, 4.69) is 85.8 Å². The zero-order chi connectivity index (χ0) is 22.4. The Labute approximate surface area is 202 Å². The predicted octanol–water partition coefficient (Wildman–Crippen LogP) is 5.99.